The van der Waals surface area contributed by atoms with Crippen molar-refractivity contribution in [2.45, 2.75) is 29.2 Å². The van der Waals surface area contributed by atoms with Gasteiger partial charge >= 0.3 is 11.9 Å². The predicted molar refractivity (Wildman–Crippen MR) is 177 cm³/mol. The number of aromatic amines is 1. The Morgan fingerprint density at radius 1 is 0.837 bits per heavy atom. The summed E-state index contributed by atoms with van der Waals surface area (Å²) in [5, 5.41) is 11.6. The van der Waals surface area contributed by atoms with Crippen LogP contribution < -0.4 is 10.9 Å². The summed E-state index contributed by atoms with van der Waals surface area (Å²) in [6.45, 7) is -0.187. The number of benzene rings is 4. The minimum atomic E-state index is -5.05. The van der Waals surface area contributed by atoms with Crippen LogP contribution in [0.1, 0.15) is 44.7 Å². The maximum absolute atomic E-state index is 14.1. The number of rotatable bonds is 11. The lowest BCUT2D eigenvalue weighted by molar-refractivity contribution is -0.137. The van der Waals surface area contributed by atoms with Gasteiger partial charge in [-0.25, -0.2) is 13.2 Å². The molecule has 0 bridgehead atoms. The summed E-state index contributed by atoms with van der Waals surface area (Å²) in [4.78, 5) is 53.5. The molecule has 0 amide bonds. The highest BCUT2D eigenvalue weighted by molar-refractivity contribution is 7.91. The first-order valence-corrected chi connectivity index (χ1v) is 17.8. The van der Waals surface area contributed by atoms with Crippen molar-refractivity contribution in [3.63, 3.8) is 0 Å². The Kier molecular flexibility index (Phi) is 8.66. The third kappa shape index (κ3) is 6.46. The van der Waals surface area contributed by atoms with E-state index in [4.69, 9.17) is 9.84 Å². The summed E-state index contributed by atoms with van der Waals surface area (Å²) >= 11 is 0. The van der Waals surface area contributed by atoms with Gasteiger partial charge in [0.05, 0.1) is 27.4 Å². The summed E-state index contributed by atoms with van der Waals surface area (Å²) in [5.74, 6) is -3.15. The van der Waals surface area contributed by atoms with Gasteiger partial charge in [-0.3, -0.25) is 18.9 Å². The van der Waals surface area contributed by atoms with Crippen LogP contribution in [0, 0.1) is 0 Å². The van der Waals surface area contributed by atoms with Gasteiger partial charge in [0.1, 0.15) is 17.1 Å². The smallest absolute Gasteiger partial charge is 0.344 e. The molecule has 0 atom stereocenters. The third-order valence-corrected chi connectivity index (χ3v) is 10.6. The fourth-order valence-electron chi connectivity index (χ4n) is 5.71. The van der Waals surface area contributed by atoms with Gasteiger partial charge in [-0.1, -0.05) is 54.6 Å². The fourth-order valence-corrected chi connectivity index (χ4v) is 7.70. The zero-order chi connectivity index (χ0) is 35.1. The highest BCUT2D eigenvalue weighted by Crippen LogP contribution is 2.45. The Balaban J connectivity index is 1.52. The number of aliphatic carboxylic acids is 1. The molecule has 0 aliphatic heterocycles. The minimum Gasteiger partial charge on any atom is -0.481 e. The molecule has 0 unspecified atom stereocenters. The SMILES string of the molecule is O=C(O)CCCS(=O)(=O)c1ccc(Nc2cc(S(=O)(=O)O)c3[nH]c(=O)c(C(=O)OCc4ccccc4)c4c3c2C(=O)c2ccccc2-4)cc1. The lowest BCUT2D eigenvalue weighted by Gasteiger charge is -2.25. The zero-order valence-corrected chi connectivity index (χ0v) is 26.9. The normalized spacial score (nSPS) is 12.4. The van der Waals surface area contributed by atoms with E-state index in [0.29, 0.717) is 5.56 Å². The molecule has 49 heavy (non-hydrogen) atoms. The number of pyridine rings is 1. The summed E-state index contributed by atoms with van der Waals surface area (Å²) in [6.07, 6.45) is -0.414. The molecule has 4 N–H and O–H groups in total. The molecule has 4 aromatic carbocycles. The number of fused-ring (bicyclic) bond motifs is 2. The number of esters is 1. The van der Waals surface area contributed by atoms with Crippen molar-refractivity contribution >= 4 is 60.0 Å². The number of carboxylic acid groups (broad SMARTS) is 1. The molecule has 0 radical (unpaired) electrons. The van der Waals surface area contributed by atoms with Crippen molar-refractivity contribution < 1.29 is 45.6 Å². The third-order valence-electron chi connectivity index (χ3n) is 7.92. The molecular formula is C34H26N2O11S2. The molecule has 1 aliphatic carbocycles. The number of hydrogen-bond donors (Lipinski definition) is 4. The van der Waals surface area contributed by atoms with E-state index in [-0.39, 0.29) is 63.4 Å². The number of anilines is 2. The van der Waals surface area contributed by atoms with E-state index in [1.165, 1.54) is 36.4 Å². The predicted octanol–water partition coefficient (Wildman–Crippen LogP) is 4.73. The fraction of sp³-hybridized carbons (Fsp3) is 0.118. The Morgan fingerprint density at radius 3 is 2.14 bits per heavy atom. The standard InChI is InChI=1S/C34H26N2O11S2/c37-26(38)11-6-16-48(42,43)21-14-12-20(13-15-21)35-24-17-25(49(44,45)46)31-29-27(22-9-4-5-10-23(22)32(39)28(24)29)30(33(40)36-31)34(41)47-18-19-7-2-1-3-8-19/h1-5,7-10,12-15,17,35H,6,11,16,18H2,(H,36,40)(H,37,38)(H,44,45,46). The van der Waals surface area contributed by atoms with Crippen molar-refractivity contribution in [3.05, 3.63) is 118 Å². The van der Waals surface area contributed by atoms with E-state index >= 15 is 0 Å². The summed E-state index contributed by atoms with van der Waals surface area (Å²) in [6, 6.07) is 21.0. The Hall–Kier alpha value is -5.64. The van der Waals surface area contributed by atoms with Gasteiger partial charge in [-0.05, 0) is 47.9 Å². The van der Waals surface area contributed by atoms with E-state index in [1.807, 2.05) is 0 Å². The van der Waals surface area contributed by atoms with Crippen molar-refractivity contribution in [2.75, 3.05) is 11.1 Å². The monoisotopic (exact) mass is 702 g/mol. The average Bonchev–Trinajstić information content (AvgIpc) is 3.06. The summed E-state index contributed by atoms with van der Waals surface area (Å²) in [7, 11) is -8.88. The molecule has 1 heterocycles. The zero-order valence-electron chi connectivity index (χ0n) is 25.3. The molecule has 6 rings (SSSR count). The molecule has 0 fully saturated rings. The van der Waals surface area contributed by atoms with E-state index in [0.717, 1.165) is 6.07 Å². The maximum atomic E-state index is 14.1. The van der Waals surface area contributed by atoms with E-state index in [2.05, 4.69) is 10.3 Å². The molecule has 15 heteroatoms. The molecular weight excluding hydrogens is 677 g/mol. The van der Waals surface area contributed by atoms with Crippen molar-refractivity contribution in [1.29, 1.82) is 0 Å². The number of nitrogens with one attached hydrogen (secondary N) is 2. The van der Waals surface area contributed by atoms with Gasteiger partial charge in [0, 0.05) is 28.6 Å². The van der Waals surface area contributed by atoms with E-state index in [1.54, 1.807) is 42.5 Å². The van der Waals surface area contributed by atoms with Crippen LogP contribution in [0.3, 0.4) is 0 Å². The quantitative estimate of drug-likeness (QED) is 0.107. The van der Waals surface area contributed by atoms with Crippen LogP contribution in [-0.4, -0.2) is 55.0 Å². The Bertz CT molecular complexity index is 2460. The lowest BCUT2D eigenvalue weighted by Crippen LogP contribution is -2.25. The topological polar surface area (TPSA) is 214 Å². The molecule has 1 aromatic heterocycles. The number of sulfone groups is 1. The number of H-pyrrole nitrogens is 1. The van der Waals surface area contributed by atoms with Crippen LogP contribution in [0.25, 0.3) is 22.0 Å². The molecule has 5 aromatic rings. The van der Waals surface area contributed by atoms with E-state index in [9.17, 15) is 40.6 Å². The van der Waals surface area contributed by atoms with Crippen molar-refractivity contribution in [2.24, 2.45) is 0 Å². The summed E-state index contributed by atoms with van der Waals surface area (Å²) < 4.78 is 66.6. The number of carboxylic acids is 1. The second-order valence-electron chi connectivity index (χ2n) is 11.1. The average molecular weight is 703 g/mol. The van der Waals surface area contributed by atoms with Crippen LogP contribution in [0.5, 0.6) is 0 Å². The first-order chi connectivity index (χ1) is 23.3. The summed E-state index contributed by atoms with van der Waals surface area (Å²) in [5.41, 5.74) is -1.13. The highest BCUT2D eigenvalue weighted by atomic mass is 32.2. The van der Waals surface area contributed by atoms with Crippen molar-refractivity contribution in [1.82, 2.24) is 4.98 Å². The van der Waals surface area contributed by atoms with Crippen LogP contribution >= 0.6 is 0 Å². The second-order valence-corrected chi connectivity index (χ2v) is 14.6. The lowest BCUT2D eigenvalue weighted by atomic mass is 9.81. The molecule has 1 aliphatic rings. The molecule has 0 saturated carbocycles. The number of ether oxygens (including phenoxy) is 1. The Labute approximate surface area is 278 Å². The first kappa shape index (κ1) is 33.3. The van der Waals surface area contributed by atoms with Crippen LogP contribution in [0.2, 0.25) is 0 Å². The number of ketones is 1. The number of hydrogen-bond acceptors (Lipinski definition) is 10. The molecule has 250 valence electrons. The number of aromatic nitrogens is 1. The second kappa shape index (κ2) is 12.8. The van der Waals surface area contributed by atoms with Gasteiger partial charge in [0.25, 0.3) is 15.7 Å². The molecule has 0 saturated heterocycles. The van der Waals surface area contributed by atoms with Gasteiger partial charge in [-0.15, -0.1) is 0 Å². The molecule has 13 nitrogen and oxygen atoms in total. The van der Waals surface area contributed by atoms with Gasteiger partial charge in [0.15, 0.2) is 15.6 Å². The largest absolute Gasteiger partial charge is 0.481 e. The minimum absolute atomic E-state index is 0.0710. The molecule has 0 spiro atoms. The van der Waals surface area contributed by atoms with Crippen LogP contribution in [-0.2, 0) is 36.1 Å². The highest BCUT2D eigenvalue weighted by Gasteiger charge is 2.36. The number of carbonyl (C=O) groups excluding carboxylic acids is 2. The van der Waals surface area contributed by atoms with Crippen molar-refractivity contribution in [3.8, 4) is 11.1 Å². The Morgan fingerprint density at radius 2 is 1.49 bits per heavy atom. The van der Waals surface area contributed by atoms with Crippen LogP contribution in [0.15, 0.2) is 99.5 Å². The van der Waals surface area contributed by atoms with Gasteiger partial charge in [-0.2, -0.15) is 8.42 Å². The number of carbonyl (C=O) groups is 3. The first-order valence-electron chi connectivity index (χ1n) is 14.7. The van der Waals surface area contributed by atoms with E-state index < -0.39 is 65.0 Å². The van der Waals surface area contributed by atoms with Gasteiger partial charge in [0.2, 0.25) is 0 Å². The maximum Gasteiger partial charge on any atom is 0.344 e. The van der Waals surface area contributed by atoms with Gasteiger partial charge < -0.3 is 20.1 Å². The van der Waals surface area contributed by atoms with Crippen LogP contribution in [0.4, 0.5) is 11.4 Å².